The van der Waals surface area contributed by atoms with Gasteiger partial charge < -0.3 is 14.8 Å². The molecule has 0 radical (unpaired) electrons. The van der Waals surface area contributed by atoms with Gasteiger partial charge in [-0.2, -0.15) is 0 Å². The second-order valence-corrected chi connectivity index (χ2v) is 6.32. The molecule has 2 aliphatic heterocycles. The van der Waals surface area contributed by atoms with Crippen molar-refractivity contribution in [3.05, 3.63) is 0 Å². The van der Waals surface area contributed by atoms with Gasteiger partial charge in [0.05, 0.1) is 13.2 Å². The molecule has 0 aromatic rings. The van der Waals surface area contributed by atoms with E-state index in [1.165, 1.54) is 0 Å². The summed E-state index contributed by atoms with van der Waals surface area (Å²) in [5, 5.41) is 5.09. The predicted octanol–water partition coefficient (Wildman–Crippen LogP) is 1.51. The summed E-state index contributed by atoms with van der Waals surface area (Å²) in [6.45, 7) is 7.70. The Morgan fingerprint density at radius 2 is 2.47 bits per heavy atom. The van der Waals surface area contributed by atoms with Gasteiger partial charge in [-0.25, -0.2) is 0 Å². The van der Waals surface area contributed by atoms with Crippen LogP contribution in [0.25, 0.3) is 0 Å². The molecule has 0 aromatic carbocycles. The Labute approximate surface area is 108 Å². The maximum absolute atomic E-state index is 5.58. The van der Waals surface area contributed by atoms with Crippen LogP contribution in [0.4, 0.5) is 0 Å². The molecule has 1 saturated heterocycles. The topological polar surface area (TPSA) is 42.8 Å². The summed E-state index contributed by atoms with van der Waals surface area (Å²) in [4.78, 5) is 4.54. The molecule has 17 heavy (non-hydrogen) atoms. The SMILES string of the molecule is COC1(CNC2=NCC(C(C)C)S2)CCOC1. The molecule has 2 heterocycles. The molecule has 2 rings (SSSR count). The molecule has 1 N–H and O–H groups in total. The lowest BCUT2D eigenvalue weighted by atomic mass is 10.0. The highest BCUT2D eigenvalue weighted by molar-refractivity contribution is 8.14. The van der Waals surface area contributed by atoms with Crippen LogP contribution < -0.4 is 5.32 Å². The average molecular weight is 258 g/mol. The van der Waals surface area contributed by atoms with E-state index in [0.29, 0.717) is 17.8 Å². The number of nitrogens with one attached hydrogen (secondary N) is 1. The molecule has 0 amide bonds. The number of ether oxygens (including phenoxy) is 2. The molecule has 0 saturated carbocycles. The fourth-order valence-corrected chi connectivity index (χ4v) is 3.05. The first-order valence-corrected chi connectivity index (χ1v) is 7.11. The third-order valence-corrected chi connectivity index (χ3v) is 4.98. The van der Waals surface area contributed by atoms with Gasteiger partial charge >= 0.3 is 0 Å². The standard InChI is InChI=1S/C12H22N2O2S/c1-9(2)10-6-13-11(17-10)14-7-12(15-3)4-5-16-8-12/h9-10H,4-8H2,1-3H3,(H,13,14). The van der Waals surface area contributed by atoms with Gasteiger partial charge in [0.2, 0.25) is 0 Å². The van der Waals surface area contributed by atoms with Crippen LogP contribution >= 0.6 is 11.8 Å². The third kappa shape index (κ3) is 3.14. The van der Waals surface area contributed by atoms with E-state index in [4.69, 9.17) is 9.47 Å². The Balaban J connectivity index is 1.79. The highest BCUT2D eigenvalue weighted by Crippen LogP contribution is 2.27. The van der Waals surface area contributed by atoms with Crippen molar-refractivity contribution >= 4 is 16.9 Å². The highest BCUT2D eigenvalue weighted by Gasteiger charge is 2.35. The van der Waals surface area contributed by atoms with Gasteiger partial charge in [0.1, 0.15) is 5.60 Å². The zero-order valence-corrected chi connectivity index (χ0v) is 11.7. The van der Waals surface area contributed by atoms with Crippen molar-refractivity contribution in [2.45, 2.75) is 31.1 Å². The zero-order chi connectivity index (χ0) is 12.3. The number of hydrogen-bond donors (Lipinski definition) is 1. The minimum atomic E-state index is -0.154. The van der Waals surface area contributed by atoms with Gasteiger partial charge in [0.25, 0.3) is 0 Å². The lowest BCUT2D eigenvalue weighted by Crippen LogP contribution is -2.44. The van der Waals surface area contributed by atoms with Crippen LogP contribution in [0.3, 0.4) is 0 Å². The molecule has 5 heteroatoms. The van der Waals surface area contributed by atoms with Crippen molar-refractivity contribution in [2.24, 2.45) is 10.9 Å². The van der Waals surface area contributed by atoms with Crippen molar-refractivity contribution in [1.29, 1.82) is 0 Å². The van der Waals surface area contributed by atoms with Crippen molar-refractivity contribution in [3.63, 3.8) is 0 Å². The van der Waals surface area contributed by atoms with Crippen LogP contribution in [0.1, 0.15) is 20.3 Å². The summed E-state index contributed by atoms with van der Waals surface area (Å²) in [5.41, 5.74) is -0.154. The summed E-state index contributed by atoms with van der Waals surface area (Å²) < 4.78 is 11.0. The number of rotatable bonds is 4. The van der Waals surface area contributed by atoms with E-state index < -0.39 is 0 Å². The normalized spacial score (nSPS) is 33.2. The minimum Gasteiger partial charge on any atom is -0.378 e. The average Bonchev–Trinajstić information content (AvgIpc) is 2.96. The van der Waals surface area contributed by atoms with Crippen molar-refractivity contribution < 1.29 is 9.47 Å². The van der Waals surface area contributed by atoms with Crippen LogP contribution in [-0.4, -0.2) is 49.4 Å². The molecule has 2 aliphatic rings. The fourth-order valence-electron chi connectivity index (χ4n) is 2.03. The molecule has 1 fully saturated rings. The first-order chi connectivity index (χ1) is 8.15. The van der Waals surface area contributed by atoms with E-state index in [-0.39, 0.29) is 5.60 Å². The number of nitrogens with zero attached hydrogens (tertiary/aromatic N) is 1. The zero-order valence-electron chi connectivity index (χ0n) is 10.9. The van der Waals surface area contributed by atoms with Crippen LogP contribution in [-0.2, 0) is 9.47 Å². The van der Waals surface area contributed by atoms with E-state index in [2.05, 4.69) is 24.2 Å². The Hall–Kier alpha value is -0.260. The van der Waals surface area contributed by atoms with E-state index in [9.17, 15) is 0 Å². The first kappa shape index (κ1) is 13.2. The fraction of sp³-hybridized carbons (Fsp3) is 0.917. The molecule has 0 aliphatic carbocycles. The maximum Gasteiger partial charge on any atom is 0.157 e. The van der Waals surface area contributed by atoms with Crippen LogP contribution in [0.5, 0.6) is 0 Å². The second kappa shape index (κ2) is 5.59. The van der Waals surface area contributed by atoms with Crippen molar-refractivity contribution in [3.8, 4) is 0 Å². The Morgan fingerprint density at radius 1 is 1.65 bits per heavy atom. The lowest BCUT2D eigenvalue weighted by Gasteiger charge is -2.26. The van der Waals surface area contributed by atoms with Crippen molar-refractivity contribution in [2.75, 3.05) is 33.4 Å². The minimum absolute atomic E-state index is 0.154. The summed E-state index contributed by atoms with van der Waals surface area (Å²) in [5.74, 6) is 0.675. The van der Waals surface area contributed by atoms with Crippen molar-refractivity contribution in [1.82, 2.24) is 5.32 Å². The van der Waals surface area contributed by atoms with E-state index in [0.717, 1.165) is 31.3 Å². The molecule has 0 bridgehead atoms. The van der Waals surface area contributed by atoms with Crippen LogP contribution in [0.15, 0.2) is 4.99 Å². The predicted molar refractivity (Wildman–Crippen MR) is 71.7 cm³/mol. The monoisotopic (exact) mass is 258 g/mol. The van der Waals surface area contributed by atoms with Gasteiger partial charge in [-0.15, -0.1) is 0 Å². The quantitative estimate of drug-likeness (QED) is 0.830. The third-order valence-electron chi connectivity index (χ3n) is 3.48. The molecular formula is C12H22N2O2S. The lowest BCUT2D eigenvalue weighted by molar-refractivity contribution is -0.0125. The Bertz CT molecular complexity index is 288. The van der Waals surface area contributed by atoms with E-state index in [1.807, 2.05) is 11.8 Å². The number of thioether (sulfide) groups is 1. The van der Waals surface area contributed by atoms with Gasteiger partial charge in [-0.3, -0.25) is 4.99 Å². The summed E-state index contributed by atoms with van der Waals surface area (Å²) in [6, 6.07) is 0. The molecule has 4 nitrogen and oxygen atoms in total. The Morgan fingerprint density at radius 3 is 3.00 bits per heavy atom. The number of aliphatic imine (C=N–C) groups is 1. The number of amidine groups is 1. The largest absolute Gasteiger partial charge is 0.378 e. The van der Waals surface area contributed by atoms with Gasteiger partial charge in [-0.05, 0) is 5.92 Å². The number of hydrogen-bond acceptors (Lipinski definition) is 5. The molecule has 0 aromatic heterocycles. The van der Waals surface area contributed by atoms with E-state index >= 15 is 0 Å². The molecule has 0 spiro atoms. The van der Waals surface area contributed by atoms with E-state index in [1.54, 1.807) is 7.11 Å². The molecule has 98 valence electrons. The van der Waals surface area contributed by atoms with Gasteiger partial charge in [-0.1, -0.05) is 25.6 Å². The maximum atomic E-state index is 5.58. The Kier molecular flexibility index (Phi) is 4.33. The summed E-state index contributed by atoms with van der Waals surface area (Å²) in [6.07, 6.45) is 0.960. The second-order valence-electron chi connectivity index (χ2n) is 5.09. The van der Waals surface area contributed by atoms with Crippen LogP contribution in [0.2, 0.25) is 0 Å². The summed E-state index contributed by atoms with van der Waals surface area (Å²) >= 11 is 1.85. The van der Waals surface area contributed by atoms with Crippen LogP contribution in [0, 0.1) is 5.92 Å². The highest BCUT2D eigenvalue weighted by atomic mass is 32.2. The molecule has 2 atom stereocenters. The number of methoxy groups -OCH3 is 1. The van der Waals surface area contributed by atoms with Gasteiger partial charge in [0.15, 0.2) is 5.17 Å². The molecule has 2 unspecified atom stereocenters. The molecular weight excluding hydrogens is 236 g/mol. The first-order valence-electron chi connectivity index (χ1n) is 6.23. The summed E-state index contributed by atoms with van der Waals surface area (Å²) in [7, 11) is 1.76. The van der Waals surface area contributed by atoms with Gasteiger partial charge in [0, 0.05) is 31.9 Å². The smallest absolute Gasteiger partial charge is 0.157 e.